The molecule has 1 aromatic rings. The van der Waals surface area contributed by atoms with Gasteiger partial charge in [-0.1, -0.05) is 19.8 Å². The van der Waals surface area contributed by atoms with Gasteiger partial charge in [-0.15, -0.1) is 22.9 Å². The first-order valence-corrected chi connectivity index (χ1v) is 7.12. The molecule has 1 aliphatic carbocycles. The Morgan fingerprint density at radius 1 is 1.27 bits per heavy atom. The van der Waals surface area contributed by atoms with Gasteiger partial charge in [-0.3, -0.25) is 0 Å². The minimum atomic E-state index is 0.260. The fourth-order valence-electron chi connectivity index (χ4n) is 2.41. The second-order valence-electron chi connectivity index (χ2n) is 4.87. The van der Waals surface area contributed by atoms with Crippen LogP contribution in [0.3, 0.4) is 0 Å². The molecule has 2 heteroatoms. The number of hydrogen-bond acceptors (Lipinski definition) is 1. The Morgan fingerprint density at radius 2 is 1.93 bits per heavy atom. The first kappa shape index (κ1) is 11.5. The average Bonchev–Trinajstić information content (AvgIpc) is 2.65. The lowest BCUT2D eigenvalue weighted by Gasteiger charge is -2.29. The van der Waals surface area contributed by atoms with Crippen molar-refractivity contribution in [3.8, 4) is 0 Å². The molecule has 0 N–H and O–H groups in total. The molecule has 1 aliphatic rings. The van der Waals surface area contributed by atoms with Gasteiger partial charge in [0, 0.05) is 9.75 Å². The molecule has 1 saturated carbocycles. The third-order valence-electron chi connectivity index (χ3n) is 3.51. The smallest absolute Gasteiger partial charge is 0.0706 e. The van der Waals surface area contributed by atoms with E-state index in [0.29, 0.717) is 5.92 Å². The predicted octanol–water partition coefficient (Wildman–Crippen LogP) is 5.16. The fourth-order valence-corrected chi connectivity index (χ4v) is 3.82. The highest BCUT2D eigenvalue weighted by molar-refractivity contribution is 7.12. The van der Waals surface area contributed by atoms with E-state index in [2.05, 4.69) is 26.0 Å². The SMILES string of the molecule is Cc1ccc(C(Cl)C2CCC(C)CC2)s1. The lowest BCUT2D eigenvalue weighted by Crippen LogP contribution is -2.15. The molecule has 0 aliphatic heterocycles. The van der Waals surface area contributed by atoms with Gasteiger partial charge < -0.3 is 0 Å². The fraction of sp³-hybridized carbons (Fsp3) is 0.692. The van der Waals surface area contributed by atoms with Crippen molar-refractivity contribution in [1.82, 2.24) is 0 Å². The standard InChI is InChI=1S/C13H19ClS/c1-9-3-6-11(7-4-9)13(14)12-8-5-10(2)15-12/h5,8-9,11,13H,3-4,6-7H2,1-2H3. The van der Waals surface area contributed by atoms with Crippen LogP contribution < -0.4 is 0 Å². The summed E-state index contributed by atoms with van der Waals surface area (Å²) in [5.41, 5.74) is 0. The van der Waals surface area contributed by atoms with Crippen molar-refractivity contribution in [2.45, 2.75) is 44.9 Å². The van der Waals surface area contributed by atoms with E-state index >= 15 is 0 Å². The van der Waals surface area contributed by atoms with Crippen molar-refractivity contribution in [3.05, 3.63) is 21.9 Å². The summed E-state index contributed by atoms with van der Waals surface area (Å²) in [7, 11) is 0. The first-order valence-electron chi connectivity index (χ1n) is 5.87. The summed E-state index contributed by atoms with van der Waals surface area (Å²) in [6.07, 6.45) is 5.34. The van der Waals surface area contributed by atoms with Gasteiger partial charge in [-0.05, 0) is 43.7 Å². The van der Waals surface area contributed by atoms with Crippen LogP contribution in [0.5, 0.6) is 0 Å². The molecule has 0 bridgehead atoms. The van der Waals surface area contributed by atoms with Gasteiger partial charge in [0.1, 0.15) is 0 Å². The van der Waals surface area contributed by atoms with E-state index in [1.807, 2.05) is 11.3 Å². The Labute approximate surface area is 102 Å². The Kier molecular flexibility index (Phi) is 3.73. The van der Waals surface area contributed by atoms with E-state index in [0.717, 1.165) is 5.92 Å². The lowest BCUT2D eigenvalue weighted by molar-refractivity contribution is 0.284. The van der Waals surface area contributed by atoms with Gasteiger partial charge in [-0.2, -0.15) is 0 Å². The van der Waals surface area contributed by atoms with Crippen molar-refractivity contribution < 1.29 is 0 Å². The highest BCUT2D eigenvalue weighted by atomic mass is 35.5. The van der Waals surface area contributed by atoms with E-state index < -0.39 is 0 Å². The van der Waals surface area contributed by atoms with Gasteiger partial charge in [0.05, 0.1) is 5.38 Å². The van der Waals surface area contributed by atoms with Crippen LogP contribution in [0.1, 0.15) is 47.7 Å². The molecular formula is C13H19ClS. The summed E-state index contributed by atoms with van der Waals surface area (Å²) in [5.74, 6) is 1.62. The van der Waals surface area contributed by atoms with Crippen molar-refractivity contribution in [2.24, 2.45) is 11.8 Å². The summed E-state index contributed by atoms with van der Waals surface area (Å²) < 4.78 is 0. The highest BCUT2D eigenvalue weighted by Crippen LogP contribution is 2.42. The van der Waals surface area contributed by atoms with Crippen LogP contribution in [0.25, 0.3) is 0 Å². The molecule has 0 nitrogen and oxygen atoms in total. The molecule has 2 rings (SSSR count). The molecule has 15 heavy (non-hydrogen) atoms. The van der Waals surface area contributed by atoms with Crippen molar-refractivity contribution in [3.63, 3.8) is 0 Å². The van der Waals surface area contributed by atoms with E-state index in [1.54, 1.807) is 0 Å². The van der Waals surface area contributed by atoms with Crippen LogP contribution in [-0.4, -0.2) is 0 Å². The number of halogens is 1. The van der Waals surface area contributed by atoms with Crippen LogP contribution in [0.15, 0.2) is 12.1 Å². The summed E-state index contributed by atoms with van der Waals surface area (Å²) in [4.78, 5) is 2.74. The average molecular weight is 243 g/mol. The van der Waals surface area contributed by atoms with E-state index in [4.69, 9.17) is 11.6 Å². The lowest BCUT2D eigenvalue weighted by atomic mass is 9.81. The molecular weight excluding hydrogens is 224 g/mol. The maximum absolute atomic E-state index is 6.56. The number of aryl methyl sites for hydroxylation is 1. The van der Waals surface area contributed by atoms with E-state index in [9.17, 15) is 0 Å². The summed E-state index contributed by atoms with van der Waals surface area (Å²) in [6.45, 7) is 4.51. The Balaban J connectivity index is 1.99. The normalized spacial score (nSPS) is 29.0. The van der Waals surface area contributed by atoms with Gasteiger partial charge in [0.25, 0.3) is 0 Å². The van der Waals surface area contributed by atoms with Gasteiger partial charge in [0.15, 0.2) is 0 Å². The maximum atomic E-state index is 6.56. The number of alkyl halides is 1. The molecule has 0 amide bonds. The number of thiophene rings is 1. The van der Waals surface area contributed by atoms with Crippen molar-refractivity contribution >= 4 is 22.9 Å². The van der Waals surface area contributed by atoms with Crippen molar-refractivity contribution in [2.75, 3.05) is 0 Å². The molecule has 1 fully saturated rings. The molecule has 84 valence electrons. The number of rotatable bonds is 2. The monoisotopic (exact) mass is 242 g/mol. The van der Waals surface area contributed by atoms with Gasteiger partial charge in [-0.25, -0.2) is 0 Å². The first-order chi connectivity index (χ1) is 7.16. The zero-order valence-corrected chi connectivity index (χ0v) is 11.1. The molecule has 0 spiro atoms. The van der Waals surface area contributed by atoms with Crippen LogP contribution in [0.4, 0.5) is 0 Å². The number of hydrogen-bond donors (Lipinski definition) is 0. The molecule has 1 unspecified atom stereocenters. The zero-order chi connectivity index (χ0) is 10.8. The van der Waals surface area contributed by atoms with Gasteiger partial charge >= 0.3 is 0 Å². The second-order valence-corrected chi connectivity index (χ2v) is 6.66. The Hall–Kier alpha value is -0.0100. The van der Waals surface area contributed by atoms with Crippen molar-refractivity contribution in [1.29, 1.82) is 0 Å². The topological polar surface area (TPSA) is 0 Å². The Morgan fingerprint density at radius 3 is 2.47 bits per heavy atom. The molecule has 0 saturated heterocycles. The maximum Gasteiger partial charge on any atom is 0.0706 e. The van der Waals surface area contributed by atoms with Crippen LogP contribution in [-0.2, 0) is 0 Å². The quantitative estimate of drug-likeness (QED) is 0.629. The molecule has 1 heterocycles. The summed E-state index contributed by atoms with van der Waals surface area (Å²) in [5, 5.41) is 0.260. The third-order valence-corrected chi connectivity index (χ3v) is 5.31. The Bertz CT molecular complexity index is 310. The van der Waals surface area contributed by atoms with Gasteiger partial charge in [0.2, 0.25) is 0 Å². The highest BCUT2D eigenvalue weighted by Gasteiger charge is 2.26. The molecule has 1 atom stereocenters. The minimum Gasteiger partial charge on any atom is -0.144 e. The summed E-state index contributed by atoms with van der Waals surface area (Å²) >= 11 is 8.41. The van der Waals surface area contributed by atoms with E-state index in [-0.39, 0.29) is 5.38 Å². The minimum absolute atomic E-state index is 0.260. The third kappa shape index (κ3) is 2.76. The largest absolute Gasteiger partial charge is 0.144 e. The molecule has 0 radical (unpaired) electrons. The van der Waals surface area contributed by atoms with Crippen LogP contribution in [0, 0.1) is 18.8 Å². The molecule has 0 aromatic carbocycles. The second kappa shape index (κ2) is 4.88. The zero-order valence-electron chi connectivity index (χ0n) is 9.50. The van der Waals surface area contributed by atoms with Crippen LogP contribution >= 0.6 is 22.9 Å². The molecule has 1 aromatic heterocycles. The summed E-state index contributed by atoms with van der Waals surface area (Å²) in [6, 6.07) is 4.39. The predicted molar refractivity (Wildman–Crippen MR) is 68.8 cm³/mol. The van der Waals surface area contributed by atoms with E-state index in [1.165, 1.54) is 35.4 Å². The van der Waals surface area contributed by atoms with Crippen LogP contribution in [0.2, 0.25) is 0 Å².